The van der Waals surface area contributed by atoms with Crippen LogP contribution in [0.25, 0.3) is 5.76 Å². The summed E-state index contributed by atoms with van der Waals surface area (Å²) >= 11 is 0. The average Bonchev–Trinajstić information content (AvgIpc) is 3.23. The predicted molar refractivity (Wildman–Crippen MR) is 56.1 cm³/mol. The van der Waals surface area contributed by atoms with Gasteiger partial charge in [0.2, 0.25) is 23.8 Å². The molecule has 0 aromatic carbocycles. The van der Waals surface area contributed by atoms with Gasteiger partial charge in [0, 0.05) is 5.27 Å². The molecule has 12 heteroatoms. The van der Waals surface area contributed by atoms with Crippen LogP contribution in [-0.2, 0) is 9.78 Å². The Morgan fingerprint density at radius 1 is 1.30 bits per heavy atom. The van der Waals surface area contributed by atoms with Gasteiger partial charge in [-0.25, -0.2) is 5.48 Å². The van der Waals surface area contributed by atoms with Gasteiger partial charge in [0.15, 0.2) is 6.26 Å². The van der Waals surface area contributed by atoms with E-state index in [0.717, 1.165) is 0 Å². The zero-order valence-electron chi connectivity index (χ0n) is 9.55. The zero-order chi connectivity index (χ0) is 13.4. The first-order valence-corrected chi connectivity index (χ1v) is 5.25. The Labute approximate surface area is 110 Å². The Kier molecular flexibility index (Phi) is 2.19. The Morgan fingerprint density at radius 2 is 2.30 bits per heavy atom. The summed E-state index contributed by atoms with van der Waals surface area (Å²) < 4.78 is 9.64. The van der Waals surface area contributed by atoms with Crippen LogP contribution in [-0.4, -0.2) is 25.7 Å². The van der Waals surface area contributed by atoms with Crippen LogP contribution < -0.4 is 16.0 Å². The molecular formula is C8H5N8O4. The molecule has 0 amide bonds. The molecule has 2 N–H and O–H groups in total. The van der Waals surface area contributed by atoms with Crippen LogP contribution in [0.2, 0.25) is 0 Å². The van der Waals surface area contributed by atoms with Crippen molar-refractivity contribution in [3.05, 3.63) is 36.8 Å². The Bertz CT molecular complexity index is 650. The molecule has 2 aromatic rings. The number of hydrazine groups is 1. The van der Waals surface area contributed by atoms with E-state index in [1.807, 2.05) is 0 Å². The van der Waals surface area contributed by atoms with Crippen molar-refractivity contribution in [1.29, 1.82) is 0 Å². The molecule has 12 nitrogen and oxygen atoms in total. The van der Waals surface area contributed by atoms with Crippen LogP contribution in [0.4, 0.5) is 5.82 Å². The molecule has 2 aliphatic rings. The lowest BCUT2D eigenvalue weighted by Gasteiger charge is -2.22. The van der Waals surface area contributed by atoms with Crippen LogP contribution in [0.5, 0.6) is 0 Å². The van der Waals surface area contributed by atoms with Crippen LogP contribution in [0.3, 0.4) is 0 Å². The van der Waals surface area contributed by atoms with Crippen LogP contribution in [0, 0.1) is 6.20 Å². The quantitative estimate of drug-likeness (QED) is 0.718. The lowest BCUT2D eigenvalue weighted by Crippen LogP contribution is -2.36. The van der Waals surface area contributed by atoms with Gasteiger partial charge in [-0.05, 0) is 0 Å². The van der Waals surface area contributed by atoms with Crippen LogP contribution >= 0.6 is 0 Å². The Hall–Kier alpha value is -3.28. The lowest BCUT2D eigenvalue weighted by atomic mass is 10.5. The maximum atomic E-state index is 5.44. The van der Waals surface area contributed by atoms with Crippen molar-refractivity contribution in [2.24, 2.45) is 0 Å². The molecule has 0 aliphatic carbocycles. The molecular weight excluding hydrogens is 272 g/mol. The molecule has 0 saturated heterocycles. The topological polar surface area (TPSA) is 127 Å². The molecule has 0 atom stereocenters. The van der Waals surface area contributed by atoms with E-state index >= 15 is 0 Å². The second-order valence-corrected chi connectivity index (χ2v) is 3.46. The van der Waals surface area contributed by atoms with E-state index in [1.54, 1.807) is 0 Å². The molecule has 0 bridgehead atoms. The SMILES string of the molecule is [C]1=C(c2nnco2)ON(C2=CNON2c2conn2)N1. The number of nitrogens with zero attached hydrogens (tertiary/aromatic N) is 6. The number of aromatic nitrogens is 4. The number of hydroxylamine groups is 3. The largest absolute Gasteiger partial charge is 0.421 e. The summed E-state index contributed by atoms with van der Waals surface area (Å²) in [6.45, 7) is 0. The first-order valence-electron chi connectivity index (χ1n) is 5.25. The zero-order valence-corrected chi connectivity index (χ0v) is 9.55. The van der Waals surface area contributed by atoms with Crippen molar-refractivity contribution in [2.75, 3.05) is 5.06 Å². The highest BCUT2D eigenvalue weighted by atomic mass is 16.8. The van der Waals surface area contributed by atoms with Crippen molar-refractivity contribution in [1.82, 2.24) is 36.6 Å². The number of anilines is 1. The minimum absolute atomic E-state index is 0.183. The van der Waals surface area contributed by atoms with Gasteiger partial charge in [-0.15, -0.1) is 20.2 Å². The highest BCUT2D eigenvalue weighted by Crippen LogP contribution is 2.26. The summed E-state index contributed by atoms with van der Waals surface area (Å²) in [4.78, 5) is 10.6. The molecule has 1 radical (unpaired) electrons. The summed E-state index contributed by atoms with van der Waals surface area (Å²) in [5, 5.41) is 16.8. The molecule has 0 fully saturated rings. The first kappa shape index (κ1) is 10.6. The van der Waals surface area contributed by atoms with Gasteiger partial charge in [0.05, 0.1) is 6.20 Å². The van der Waals surface area contributed by atoms with E-state index in [0.29, 0.717) is 11.6 Å². The first-order chi connectivity index (χ1) is 9.92. The van der Waals surface area contributed by atoms with Crippen molar-refractivity contribution in [2.45, 2.75) is 0 Å². The molecule has 0 saturated carbocycles. The molecule has 4 rings (SSSR count). The van der Waals surface area contributed by atoms with E-state index < -0.39 is 0 Å². The fourth-order valence-corrected chi connectivity index (χ4v) is 1.50. The monoisotopic (exact) mass is 277 g/mol. The molecule has 2 aromatic heterocycles. The maximum Gasteiger partial charge on any atom is 0.288 e. The number of hydrogen-bond donors (Lipinski definition) is 2. The fourth-order valence-electron chi connectivity index (χ4n) is 1.50. The second-order valence-electron chi connectivity index (χ2n) is 3.46. The number of nitrogens with one attached hydrogen (secondary N) is 2. The van der Waals surface area contributed by atoms with Gasteiger partial charge in [0.1, 0.15) is 6.20 Å². The van der Waals surface area contributed by atoms with Gasteiger partial charge < -0.3 is 13.8 Å². The van der Waals surface area contributed by atoms with Gasteiger partial charge in [-0.2, -0.15) is 0 Å². The Balaban J connectivity index is 1.52. The lowest BCUT2D eigenvalue weighted by molar-refractivity contribution is -0.0799. The summed E-state index contributed by atoms with van der Waals surface area (Å²) in [6, 6.07) is 0. The third-order valence-electron chi connectivity index (χ3n) is 2.31. The van der Waals surface area contributed by atoms with Gasteiger partial charge in [0.25, 0.3) is 5.89 Å². The van der Waals surface area contributed by atoms with Gasteiger partial charge in [-0.3, -0.25) is 5.43 Å². The molecule has 20 heavy (non-hydrogen) atoms. The van der Waals surface area contributed by atoms with Crippen LogP contribution in [0.15, 0.2) is 33.6 Å². The normalized spacial score (nSPS) is 17.4. The highest BCUT2D eigenvalue weighted by molar-refractivity contribution is 5.49. The van der Waals surface area contributed by atoms with Gasteiger partial charge >= 0.3 is 0 Å². The van der Waals surface area contributed by atoms with Crippen molar-refractivity contribution < 1.29 is 18.7 Å². The summed E-state index contributed by atoms with van der Waals surface area (Å²) in [5.74, 6) is 1.15. The predicted octanol–water partition coefficient (Wildman–Crippen LogP) is -0.939. The number of hydrogen-bond acceptors (Lipinski definition) is 12. The third-order valence-corrected chi connectivity index (χ3v) is 2.31. The number of rotatable bonds is 3. The van der Waals surface area contributed by atoms with E-state index in [4.69, 9.17) is 14.2 Å². The molecule has 101 valence electrons. The second kappa shape index (κ2) is 4.13. The summed E-state index contributed by atoms with van der Waals surface area (Å²) in [5.41, 5.74) is 5.26. The summed E-state index contributed by atoms with van der Waals surface area (Å²) in [6.07, 6.45) is 6.71. The van der Waals surface area contributed by atoms with E-state index in [1.165, 1.54) is 29.1 Å². The molecule has 0 spiro atoms. The van der Waals surface area contributed by atoms with E-state index in [-0.39, 0.29) is 11.6 Å². The van der Waals surface area contributed by atoms with Crippen LogP contribution in [0.1, 0.15) is 5.89 Å². The maximum absolute atomic E-state index is 5.44. The fraction of sp³-hybridized carbons (Fsp3) is 0. The van der Waals surface area contributed by atoms with E-state index in [9.17, 15) is 0 Å². The van der Waals surface area contributed by atoms with Crippen molar-refractivity contribution >= 4 is 11.6 Å². The Morgan fingerprint density at radius 3 is 3.10 bits per heavy atom. The standard InChI is InChI=1S/C8H5N8O4/c1-5(8-13-9-4-17-8)19-16(10-1)7-2-11-20-15(7)6-3-18-14-12-6/h2-4,10-11H. The molecule has 4 heterocycles. The van der Waals surface area contributed by atoms with Crippen molar-refractivity contribution in [3.8, 4) is 0 Å². The third kappa shape index (κ3) is 1.59. The van der Waals surface area contributed by atoms with Gasteiger partial charge in [-0.1, -0.05) is 10.3 Å². The minimum atomic E-state index is 0.183. The minimum Gasteiger partial charge on any atom is -0.421 e. The van der Waals surface area contributed by atoms with Crippen molar-refractivity contribution in [3.63, 3.8) is 0 Å². The average molecular weight is 277 g/mol. The highest BCUT2D eigenvalue weighted by Gasteiger charge is 2.32. The smallest absolute Gasteiger partial charge is 0.288 e. The molecule has 0 unspecified atom stereocenters. The molecule has 2 aliphatic heterocycles. The van der Waals surface area contributed by atoms with E-state index in [2.05, 4.69) is 42.2 Å². The summed E-state index contributed by atoms with van der Waals surface area (Å²) in [7, 11) is 0.